The molecule has 1 aliphatic rings. The van der Waals surface area contributed by atoms with Crippen LogP contribution < -0.4 is 14.5 Å². The zero-order valence-corrected chi connectivity index (χ0v) is 22.0. The summed E-state index contributed by atoms with van der Waals surface area (Å²) >= 11 is 0. The minimum atomic E-state index is 0. The number of nitrogens with zero attached hydrogens (tertiary/aromatic N) is 5. The van der Waals surface area contributed by atoms with Gasteiger partial charge in [-0.15, -0.1) is 48.5 Å². The fraction of sp³-hybridized carbons (Fsp3) is 0.0333. The molecule has 37 heavy (non-hydrogen) atoms. The molecular formula is C30H19N5OPt. The number of rotatable bonds is 4. The number of para-hydroxylation sites is 2. The van der Waals surface area contributed by atoms with E-state index in [0.717, 1.165) is 44.8 Å². The molecule has 0 saturated carbocycles. The van der Waals surface area contributed by atoms with Crippen molar-refractivity contribution in [2.75, 3.05) is 16.8 Å². The molecule has 0 spiro atoms. The average Bonchev–Trinajstić information content (AvgIpc) is 3.44. The van der Waals surface area contributed by atoms with E-state index in [1.165, 1.54) is 0 Å². The van der Waals surface area contributed by atoms with Gasteiger partial charge in [-0.2, -0.15) is 36.4 Å². The van der Waals surface area contributed by atoms with E-state index in [-0.39, 0.29) is 21.1 Å². The first-order valence-electron chi connectivity index (χ1n) is 11.6. The van der Waals surface area contributed by atoms with E-state index in [1.54, 1.807) is 12.4 Å². The van der Waals surface area contributed by atoms with Crippen molar-refractivity contribution < 1.29 is 25.8 Å². The predicted molar refractivity (Wildman–Crippen MR) is 141 cm³/mol. The zero-order valence-electron chi connectivity index (χ0n) is 19.7. The molecule has 0 N–H and O–H groups in total. The van der Waals surface area contributed by atoms with Crippen LogP contribution in [0.2, 0.25) is 0 Å². The predicted octanol–water partition coefficient (Wildman–Crippen LogP) is 6.47. The number of hydrogen-bond donors (Lipinski definition) is 0. The second-order valence-electron chi connectivity index (χ2n) is 8.49. The van der Waals surface area contributed by atoms with Crippen LogP contribution in [0.25, 0.3) is 27.5 Å². The zero-order chi connectivity index (χ0) is 24.1. The van der Waals surface area contributed by atoms with E-state index >= 15 is 0 Å². The van der Waals surface area contributed by atoms with Gasteiger partial charge in [-0.05, 0) is 18.5 Å². The summed E-state index contributed by atoms with van der Waals surface area (Å²) in [6.45, 7) is 1.94. The van der Waals surface area contributed by atoms with Crippen LogP contribution in [-0.4, -0.2) is 21.6 Å². The van der Waals surface area contributed by atoms with E-state index < -0.39 is 0 Å². The second-order valence-corrected chi connectivity index (χ2v) is 8.49. The number of aromatic nitrogens is 3. The number of hydrogen-bond acceptors (Lipinski definition) is 5. The monoisotopic (exact) mass is 660 g/mol. The number of anilines is 3. The largest absolute Gasteiger partial charge is 4.00 e. The van der Waals surface area contributed by atoms with E-state index in [1.807, 2.05) is 72.0 Å². The molecule has 3 heterocycles. The van der Waals surface area contributed by atoms with Crippen LogP contribution in [0.15, 0.2) is 91.3 Å². The Morgan fingerprint density at radius 1 is 0.757 bits per heavy atom. The maximum atomic E-state index is 6.26. The van der Waals surface area contributed by atoms with Crippen LogP contribution >= 0.6 is 0 Å². The molecule has 0 unspecified atom stereocenters. The fourth-order valence-electron chi connectivity index (χ4n) is 4.66. The Hall–Kier alpha value is -4.15. The number of benzene rings is 4. The Bertz CT molecular complexity index is 1730. The van der Waals surface area contributed by atoms with Crippen molar-refractivity contribution in [1.29, 1.82) is 0 Å². The van der Waals surface area contributed by atoms with Gasteiger partial charge in [-0.25, -0.2) is 9.97 Å². The van der Waals surface area contributed by atoms with Crippen molar-refractivity contribution in [2.45, 2.75) is 0 Å². The minimum Gasteiger partial charge on any atom is -0.509 e. The van der Waals surface area contributed by atoms with E-state index in [9.17, 15) is 0 Å². The summed E-state index contributed by atoms with van der Waals surface area (Å²) in [7, 11) is 1.95. The second kappa shape index (κ2) is 9.38. The van der Waals surface area contributed by atoms with Gasteiger partial charge in [0.15, 0.2) is 0 Å². The Morgan fingerprint density at radius 3 is 2.41 bits per heavy atom. The van der Waals surface area contributed by atoms with Crippen molar-refractivity contribution in [3.05, 3.63) is 116 Å². The van der Waals surface area contributed by atoms with Crippen LogP contribution in [0.3, 0.4) is 0 Å². The summed E-state index contributed by atoms with van der Waals surface area (Å²) in [5.74, 6) is 2.75. The van der Waals surface area contributed by atoms with Crippen molar-refractivity contribution in [1.82, 2.24) is 14.5 Å². The van der Waals surface area contributed by atoms with Gasteiger partial charge in [0.05, 0.1) is 0 Å². The summed E-state index contributed by atoms with van der Waals surface area (Å²) < 4.78 is 8.43. The van der Waals surface area contributed by atoms with Crippen molar-refractivity contribution in [3.8, 4) is 17.2 Å². The van der Waals surface area contributed by atoms with Gasteiger partial charge in [0, 0.05) is 29.4 Å². The van der Waals surface area contributed by atoms with Crippen molar-refractivity contribution in [3.63, 3.8) is 0 Å². The summed E-state index contributed by atoms with van der Waals surface area (Å²) in [6, 6.07) is 36.4. The van der Waals surface area contributed by atoms with Crippen molar-refractivity contribution >= 4 is 39.1 Å². The number of ether oxygens (including phenoxy) is 1. The number of fused-ring (bicyclic) bond motifs is 4. The molecule has 1 aliphatic heterocycles. The molecule has 7 rings (SSSR count). The van der Waals surface area contributed by atoms with Gasteiger partial charge >= 0.3 is 21.1 Å². The Morgan fingerprint density at radius 2 is 1.54 bits per heavy atom. The summed E-state index contributed by atoms with van der Waals surface area (Å²) in [5, 5.41) is 2.27. The standard InChI is InChI=1S/C30H19N5O.Pt/c1-33-20-34(30-29(33)31-16-17-32-30)22-10-7-11-23(18-22)36-24-14-15-26-25-12-5-6-13-27(25)35(28(26)19-24)21-8-3-2-4-9-21;/h2-8,10-17,20H,1H3;/q-4;+4. The third kappa shape index (κ3) is 3.94. The van der Waals surface area contributed by atoms with Gasteiger partial charge in [-0.1, -0.05) is 35.1 Å². The molecule has 0 radical (unpaired) electrons. The fourth-order valence-corrected chi connectivity index (χ4v) is 4.66. The van der Waals surface area contributed by atoms with E-state index in [0.29, 0.717) is 11.5 Å². The van der Waals surface area contributed by atoms with E-state index in [4.69, 9.17) is 4.74 Å². The molecule has 7 heteroatoms. The Balaban J connectivity index is 0.00000252. The normalized spacial score (nSPS) is 12.6. The molecule has 0 saturated heterocycles. The summed E-state index contributed by atoms with van der Waals surface area (Å²) in [5.41, 5.74) is 3.81. The molecule has 0 amide bonds. The summed E-state index contributed by atoms with van der Waals surface area (Å²) in [6.07, 6.45) is 3.38. The first-order valence-corrected chi connectivity index (χ1v) is 11.6. The van der Waals surface area contributed by atoms with Crippen LogP contribution in [0.5, 0.6) is 11.5 Å². The van der Waals surface area contributed by atoms with Gasteiger partial charge in [0.2, 0.25) is 0 Å². The van der Waals surface area contributed by atoms with Crippen LogP contribution in [0.4, 0.5) is 17.3 Å². The molecule has 0 atom stereocenters. The molecule has 6 aromatic rings. The maximum Gasteiger partial charge on any atom is 4.00 e. The molecule has 180 valence electrons. The SMILES string of the molecule is CN1[CH-]N(c2[c-]c(Oc3[c-]c4c(cc3)c3ccccc3n4-c3[c-]cccc3)ccc2)c2nccnc21.[Pt+4]. The van der Waals surface area contributed by atoms with Gasteiger partial charge in [0.25, 0.3) is 0 Å². The Kier molecular flexibility index (Phi) is 5.90. The topological polar surface area (TPSA) is 46.4 Å². The van der Waals surface area contributed by atoms with Gasteiger partial charge < -0.3 is 19.1 Å². The Labute approximate surface area is 229 Å². The molecule has 0 bridgehead atoms. The summed E-state index contributed by atoms with van der Waals surface area (Å²) in [4.78, 5) is 12.8. The van der Waals surface area contributed by atoms with Gasteiger partial charge in [-0.3, -0.25) is 0 Å². The third-order valence-corrected chi connectivity index (χ3v) is 6.23. The minimum absolute atomic E-state index is 0. The van der Waals surface area contributed by atoms with Gasteiger partial charge in [0.1, 0.15) is 11.6 Å². The molecule has 4 aromatic carbocycles. The molecular weight excluding hydrogens is 641 g/mol. The first kappa shape index (κ1) is 23.3. The average molecular weight is 661 g/mol. The maximum absolute atomic E-state index is 6.26. The molecule has 0 fully saturated rings. The van der Waals surface area contributed by atoms with Crippen LogP contribution in [0.1, 0.15) is 0 Å². The first-order chi connectivity index (χ1) is 17.8. The van der Waals surface area contributed by atoms with Crippen LogP contribution in [-0.2, 0) is 21.1 Å². The quantitative estimate of drug-likeness (QED) is 0.203. The van der Waals surface area contributed by atoms with Crippen molar-refractivity contribution in [2.24, 2.45) is 0 Å². The van der Waals surface area contributed by atoms with E-state index in [2.05, 4.69) is 63.1 Å². The van der Waals surface area contributed by atoms with Crippen LogP contribution in [0, 0.1) is 24.9 Å². The molecule has 2 aromatic heterocycles. The smallest absolute Gasteiger partial charge is 0.509 e. The molecule has 0 aliphatic carbocycles. The third-order valence-electron chi connectivity index (χ3n) is 6.23. The molecule has 6 nitrogen and oxygen atoms in total.